The fourth-order valence-corrected chi connectivity index (χ4v) is 2.33. The topological polar surface area (TPSA) is 29.5 Å². The van der Waals surface area contributed by atoms with Crippen molar-refractivity contribution in [3.8, 4) is 5.75 Å². The molecule has 0 aromatic heterocycles. The molecule has 1 N–H and O–H groups in total. The molecule has 0 bridgehead atoms. The highest BCUT2D eigenvalue weighted by molar-refractivity contribution is 5.29. The van der Waals surface area contributed by atoms with Crippen LogP contribution in [-0.2, 0) is 12.8 Å². The number of methoxy groups -OCH3 is 1. The molecule has 0 aliphatic rings. The van der Waals surface area contributed by atoms with Crippen LogP contribution in [-0.4, -0.2) is 18.8 Å². The van der Waals surface area contributed by atoms with Crippen molar-refractivity contribution < 1.29 is 14.2 Å². The molecule has 0 heterocycles. The molecule has 0 aliphatic heterocycles. The molecule has 2 aromatic carbocycles. The van der Waals surface area contributed by atoms with E-state index < -0.39 is 0 Å². The second-order valence-corrected chi connectivity index (χ2v) is 4.94. The van der Waals surface area contributed by atoms with Gasteiger partial charge in [-0.05, 0) is 54.2 Å². The van der Waals surface area contributed by atoms with Crippen molar-refractivity contribution in [2.75, 3.05) is 13.7 Å². The maximum absolute atomic E-state index is 13.2. The largest absolute Gasteiger partial charge is 0.497 e. The molecular weight excluding hydrogens is 255 g/mol. The number of hydrogen-bond acceptors (Lipinski definition) is 2. The van der Waals surface area contributed by atoms with Gasteiger partial charge in [-0.25, -0.2) is 4.39 Å². The van der Waals surface area contributed by atoms with Gasteiger partial charge in [-0.3, -0.25) is 0 Å². The number of halogens is 1. The molecule has 0 aliphatic carbocycles. The van der Waals surface area contributed by atoms with Gasteiger partial charge in [0.25, 0.3) is 0 Å². The third-order valence-electron chi connectivity index (χ3n) is 3.33. The highest BCUT2D eigenvalue weighted by atomic mass is 19.1. The highest BCUT2D eigenvalue weighted by Crippen LogP contribution is 2.19. The number of aliphatic hydroxyl groups is 1. The first-order valence-corrected chi connectivity index (χ1v) is 6.69. The molecule has 0 saturated heterocycles. The quantitative estimate of drug-likeness (QED) is 0.876. The first-order valence-electron chi connectivity index (χ1n) is 6.69. The lowest BCUT2D eigenvalue weighted by Gasteiger charge is -2.15. The van der Waals surface area contributed by atoms with E-state index in [2.05, 4.69) is 0 Å². The normalized spacial score (nSPS) is 12.2. The monoisotopic (exact) mass is 274 g/mol. The average molecular weight is 274 g/mol. The smallest absolute Gasteiger partial charge is 0.123 e. The maximum atomic E-state index is 13.2. The number of benzene rings is 2. The van der Waals surface area contributed by atoms with E-state index in [9.17, 15) is 9.50 Å². The molecule has 20 heavy (non-hydrogen) atoms. The summed E-state index contributed by atoms with van der Waals surface area (Å²) >= 11 is 0. The van der Waals surface area contributed by atoms with Crippen molar-refractivity contribution in [1.29, 1.82) is 0 Å². The summed E-state index contributed by atoms with van der Waals surface area (Å²) in [7, 11) is 1.63. The Morgan fingerprint density at radius 1 is 1.05 bits per heavy atom. The molecular formula is C17H19FO2. The van der Waals surface area contributed by atoms with Gasteiger partial charge in [-0.2, -0.15) is 0 Å². The minimum absolute atomic E-state index is 0.0731. The predicted octanol–water partition coefficient (Wildman–Crippen LogP) is 3.23. The van der Waals surface area contributed by atoms with E-state index in [1.54, 1.807) is 13.2 Å². The summed E-state index contributed by atoms with van der Waals surface area (Å²) in [5.74, 6) is 0.648. The average Bonchev–Trinajstić information content (AvgIpc) is 2.47. The second kappa shape index (κ2) is 7.06. The van der Waals surface area contributed by atoms with Crippen LogP contribution in [0.2, 0.25) is 0 Å². The van der Waals surface area contributed by atoms with Gasteiger partial charge >= 0.3 is 0 Å². The van der Waals surface area contributed by atoms with Gasteiger partial charge in [-0.1, -0.05) is 24.3 Å². The summed E-state index contributed by atoms with van der Waals surface area (Å²) in [5.41, 5.74) is 2.02. The molecule has 0 radical (unpaired) electrons. The van der Waals surface area contributed by atoms with Crippen LogP contribution in [0.4, 0.5) is 4.39 Å². The van der Waals surface area contributed by atoms with Crippen LogP contribution in [0.25, 0.3) is 0 Å². The van der Waals surface area contributed by atoms with E-state index in [1.807, 2.05) is 30.3 Å². The highest BCUT2D eigenvalue weighted by Gasteiger charge is 2.11. The summed E-state index contributed by atoms with van der Waals surface area (Å²) in [6.45, 7) is 0.0771. The van der Waals surface area contributed by atoms with Crippen molar-refractivity contribution >= 4 is 0 Å². The molecule has 106 valence electrons. The second-order valence-electron chi connectivity index (χ2n) is 4.94. The van der Waals surface area contributed by atoms with E-state index in [0.717, 1.165) is 23.3 Å². The third-order valence-corrected chi connectivity index (χ3v) is 3.33. The fourth-order valence-electron chi connectivity index (χ4n) is 2.33. The molecule has 2 nitrogen and oxygen atoms in total. The minimum atomic E-state index is -0.236. The Bertz CT molecular complexity index is 554. The van der Waals surface area contributed by atoms with Gasteiger partial charge in [0, 0.05) is 6.61 Å². The van der Waals surface area contributed by atoms with Crippen molar-refractivity contribution in [2.45, 2.75) is 12.8 Å². The lowest BCUT2D eigenvalue weighted by Crippen LogP contribution is -2.13. The Hall–Kier alpha value is -1.87. The zero-order valence-corrected chi connectivity index (χ0v) is 11.6. The summed E-state index contributed by atoms with van der Waals surface area (Å²) < 4.78 is 18.4. The van der Waals surface area contributed by atoms with Crippen LogP contribution in [0.1, 0.15) is 11.1 Å². The molecule has 0 amide bonds. The van der Waals surface area contributed by atoms with Crippen LogP contribution in [0, 0.1) is 11.7 Å². The van der Waals surface area contributed by atoms with Crippen LogP contribution in [0.5, 0.6) is 5.75 Å². The first kappa shape index (κ1) is 14.5. The Morgan fingerprint density at radius 2 is 1.70 bits per heavy atom. The van der Waals surface area contributed by atoms with Gasteiger partial charge < -0.3 is 9.84 Å². The molecule has 0 spiro atoms. The molecule has 3 heteroatoms. The van der Waals surface area contributed by atoms with Crippen molar-refractivity contribution in [2.24, 2.45) is 5.92 Å². The van der Waals surface area contributed by atoms with Crippen molar-refractivity contribution in [3.63, 3.8) is 0 Å². The van der Waals surface area contributed by atoms with Crippen molar-refractivity contribution in [1.82, 2.24) is 0 Å². The van der Waals surface area contributed by atoms with Crippen LogP contribution in [0.3, 0.4) is 0 Å². The van der Waals surface area contributed by atoms with E-state index in [-0.39, 0.29) is 18.3 Å². The molecule has 0 saturated carbocycles. The van der Waals surface area contributed by atoms with Gasteiger partial charge in [0.1, 0.15) is 11.6 Å². The Labute approximate surface area is 118 Å². The third kappa shape index (κ3) is 4.07. The van der Waals surface area contributed by atoms with Crippen LogP contribution in [0.15, 0.2) is 48.5 Å². The zero-order valence-electron chi connectivity index (χ0n) is 11.6. The Balaban J connectivity index is 2.05. The predicted molar refractivity (Wildman–Crippen MR) is 77.4 cm³/mol. The zero-order chi connectivity index (χ0) is 14.4. The minimum Gasteiger partial charge on any atom is -0.497 e. The molecule has 0 fully saturated rings. The van der Waals surface area contributed by atoms with Crippen LogP contribution < -0.4 is 4.74 Å². The number of aliphatic hydroxyl groups excluding tert-OH is 1. The van der Waals surface area contributed by atoms with Crippen LogP contribution >= 0.6 is 0 Å². The molecule has 1 atom stereocenters. The Kier molecular flexibility index (Phi) is 5.13. The summed E-state index contributed by atoms with van der Waals surface area (Å²) in [6, 6.07) is 14.3. The summed E-state index contributed by atoms with van der Waals surface area (Å²) in [5, 5.41) is 9.52. The molecule has 1 unspecified atom stereocenters. The van der Waals surface area contributed by atoms with Gasteiger partial charge in [0.2, 0.25) is 0 Å². The molecule has 2 aromatic rings. The van der Waals surface area contributed by atoms with E-state index in [4.69, 9.17) is 4.74 Å². The summed E-state index contributed by atoms with van der Waals surface area (Å²) in [6.07, 6.45) is 1.40. The number of hydrogen-bond donors (Lipinski definition) is 1. The van der Waals surface area contributed by atoms with E-state index in [0.29, 0.717) is 6.42 Å². The lowest BCUT2D eigenvalue weighted by atomic mass is 9.93. The fraction of sp³-hybridized carbons (Fsp3) is 0.294. The number of ether oxygens (including phenoxy) is 1. The standard InChI is InChI=1S/C17H19FO2/c1-20-17-7-3-5-14(11-17)9-15(12-19)8-13-4-2-6-16(18)10-13/h2-7,10-11,15,19H,8-9,12H2,1H3. The van der Waals surface area contributed by atoms with Crippen molar-refractivity contribution in [3.05, 3.63) is 65.5 Å². The molecule has 2 rings (SSSR count). The first-order chi connectivity index (χ1) is 9.71. The summed E-state index contributed by atoms with van der Waals surface area (Å²) in [4.78, 5) is 0. The maximum Gasteiger partial charge on any atom is 0.123 e. The van der Waals surface area contributed by atoms with Gasteiger partial charge in [0.15, 0.2) is 0 Å². The van der Waals surface area contributed by atoms with Gasteiger partial charge in [-0.15, -0.1) is 0 Å². The lowest BCUT2D eigenvalue weighted by molar-refractivity contribution is 0.225. The van der Waals surface area contributed by atoms with E-state index in [1.165, 1.54) is 12.1 Å². The van der Waals surface area contributed by atoms with Gasteiger partial charge in [0.05, 0.1) is 7.11 Å². The SMILES string of the molecule is COc1cccc(CC(CO)Cc2cccc(F)c2)c1. The Morgan fingerprint density at radius 3 is 2.30 bits per heavy atom. The number of rotatable bonds is 6. The van der Waals surface area contributed by atoms with E-state index >= 15 is 0 Å².